The van der Waals surface area contributed by atoms with E-state index >= 15 is 0 Å². The normalized spacial score (nSPS) is 15.8. The van der Waals surface area contributed by atoms with Crippen molar-refractivity contribution in [2.75, 3.05) is 6.54 Å². The minimum atomic E-state index is 0.655. The van der Waals surface area contributed by atoms with Crippen molar-refractivity contribution >= 4 is 11.6 Å². The molecule has 1 fully saturated rings. The van der Waals surface area contributed by atoms with E-state index in [2.05, 4.69) is 29.8 Å². The lowest BCUT2D eigenvalue weighted by molar-refractivity contribution is 0.239. The van der Waals surface area contributed by atoms with Crippen LogP contribution < -0.4 is 0 Å². The molecule has 0 radical (unpaired) electrons. The Hall–Kier alpha value is -0.600. The second kappa shape index (κ2) is 5.83. The number of nitrogens with zero attached hydrogens (tertiary/aromatic N) is 2. The molecule has 1 aliphatic carbocycles. The zero-order chi connectivity index (χ0) is 12.3. The highest BCUT2D eigenvalue weighted by Gasteiger charge is 2.29. The van der Waals surface area contributed by atoms with Crippen LogP contribution in [0.25, 0.3) is 0 Å². The number of hydrogen-bond donors (Lipinski definition) is 0. The highest BCUT2D eigenvalue weighted by Crippen LogP contribution is 2.29. The summed E-state index contributed by atoms with van der Waals surface area (Å²) in [5, 5.41) is 0.655. The van der Waals surface area contributed by atoms with Gasteiger partial charge in [0.25, 0.3) is 0 Å². The Morgan fingerprint density at radius 2 is 2.24 bits per heavy atom. The van der Waals surface area contributed by atoms with Gasteiger partial charge in [-0.15, -0.1) is 0 Å². The molecule has 0 unspecified atom stereocenters. The lowest BCUT2D eigenvalue weighted by Gasteiger charge is -2.23. The minimum Gasteiger partial charge on any atom is -0.296 e. The zero-order valence-electron chi connectivity index (χ0n) is 10.7. The molecule has 1 aliphatic rings. The van der Waals surface area contributed by atoms with Gasteiger partial charge in [0.2, 0.25) is 0 Å². The van der Waals surface area contributed by atoms with E-state index in [1.165, 1.54) is 25.8 Å². The van der Waals surface area contributed by atoms with Crippen LogP contribution in [0, 0.1) is 5.92 Å². The fourth-order valence-electron chi connectivity index (χ4n) is 2.01. The SMILES string of the molecule is CC(C)CCN(Cc1cccnc1Cl)C1CC1. The predicted octanol–water partition coefficient (Wildman–Crippen LogP) is 3.75. The van der Waals surface area contributed by atoms with Crippen LogP contribution in [0.4, 0.5) is 0 Å². The molecule has 1 saturated carbocycles. The van der Waals surface area contributed by atoms with Crippen LogP contribution in [0.5, 0.6) is 0 Å². The van der Waals surface area contributed by atoms with Crippen molar-refractivity contribution < 1.29 is 0 Å². The van der Waals surface area contributed by atoms with E-state index in [-0.39, 0.29) is 0 Å². The standard InChI is InChI=1S/C14H21ClN2/c1-11(2)7-9-17(13-5-6-13)10-12-4-3-8-16-14(12)15/h3-4,8,11,13H,5-7,9-10H2,1-2H3. The van der Waals surface area contributed by atoms with Crippen LogP contribution in [-0.2, 0) is 6.54 Å². The molecule has 0 atom stereocenters. The molecule has 0 saturated heterocycles. The monoisotopic (exact) mass is 252 g/mol. The Morgan fingerprint density at radius 3 is 2.82 bits per heavy atom. The minimum absolute atomic E-state index is 0.655. The summed E-state index contributed by atoms with van der Waals surface area (Å²) in [7, 11) is 0. The topological polar surface area (TPSA) is 16.1 Å². The molecular weight excluding hydrogens is 232 g/mol. The molecule has 0 aliphatic heterocycles. The van der Waals surface area contributed by atoms with Crippen molar-refractivity contribution in [3.8, 4) is 0 Å². The van der Waals surface area contributed by atoms with Gasteiger partial charge in [0.15, 0.2) is 0 Å². The maximum Gasteiger partial charge on any atom is 0.133 e. The summed E-state index contributed by atoms with van der Waals surface area (Å²) in [6, 6.07) is 4.83. The number of halogens is 1. The molecule has 0 bridgehead atoms. The highest BCUT2D eigenvalue weighted by atomic mass is 35.5. The molecule has 17 heavy (non-hydrogen) atoms. The van der Waals surface area contributed by atoms with Gasteiger partial charge in [0.05, 0.1) is 0 Å². The van der Waals surface area contributed by atoms with E-state index in [9.17, 15) is 0 Å². The van der Waals surface area contributed by atoms with Crippen LogP contribution in [0.3, 0.4) is 0 Å². The summed E-state index contributed by atoms with van der Waals surface area (Å²) in [5.41, 5.74) is 1.16. The van der Waals surface area contributed by atoms with Gasteiger partial charge in [-0.3, -0.25) is 4.90 Å². The van der Waals surface area contributed by atoms with Gasteiger partial charge in [0.1, 0.15) is 5.15 Å². The lowest BCUT2D eigenvalue weighted by Crippen LogP contribution is -2.27. The lowest BCUT2D eigenvalue weighted by atomic mass is 10.1. The predicted molar refractivity (Wildman–Crippen MR) is 72.1 cm³/mol. The summed E-state index contributed by atoms with van der Waals surface area (Å²) < 4.78 is 0. The maximum absolute atomic E-state index is 6.12. The molecule has 0 spiro atoms. The third-order valence-corrected chi connectivity index (χ3v) is 3.61. The summed E-state index contributed by atoms with van der Waals surface area (Å²) in [6.45, 7) is 6.68. The van der Waals surface area contributed by atoms with Crippen LogP contribution in [0.1, 0.15) is 38.7 Å². The molecule has 3 heteroatoms. The summed E-state index contributed by atoms with van der Waals surface area (Å²) >= 11 is 6.12. The van der Waals surface area contributed by atoms with E-state index in [0.717, 1.165) is 24.1 Å². The Balaban J connectivity index is 1.95. The zero-order valence-corrected chi connectivity index (χ0v) is 11.5. The smallest absolute Gasteiger partial charge is 0.133 e. The fourth-order valence-corrected chi connectivity index (χ4v) is 2.19. The second-order valence-electron chi connectivity index (χ2n) is 5.34. The van der Waals surface area contributed by atoms with E-state index < -0.39 is 0 Å². The first-order chi connectivity index (χ1) is 8.16. The van der Waals surface area contributed by atoms with E-state index in [0.29, 0.717) is 5.15 Å². The second-order valence-corrected chi connectivity index (χ2v) is 5.70. The van der Waals surface area contributed by atoms with Gasteiger partial charge in [-0.2, -0.15) is 0 Å². The molecule has 0 N–H and O–H groups in total. The molecular formula is C14H21ClN2. The molecule has 1 heterocycles. The van der Waals surface area contributed by atoms with Crippen molar-refractivity contribution in [1.29, 1.82) is 0 Å². The fraction of sp³-hybridized carbons (Fsp3) is 0.643. The van der Waals surface area contributed by atoms with Crippen molar-refractivity contribution in [1.82, 2.24) is 9.88 Å². The van der Waals surface area contributed by atoms with Crippen molar-refractivity contribution in [2.24, 2.45) is 5.92 Å². The number of rotatable bonds is 6. The van der Waals surface area contributed by atoms with E-state index in [4.69, 9.17) is 11.6 Å². The molecule has 0 amide bonds. The first kappa shape index (κ1) is 12.8. The Labute approximate surface area is 109 Å². The van der Waals surface area contributed by atoms with Gasteiger partial charge in [-0.25, -0.2) is 4.98 Å². The first-order valence-corrected chi connectivity index (χ1v) is 6.88. The summed E-state index contributed by atoms with van der Waals surface area (Å²) in [4.78, 5) is 6.70. The largest absolute Gasteiger partial charge is 0.296 e. The van der Waals surface area contributed by atoms with E-state index in [1.807, 2.05) is 6.07 Å². The Kier molecular flexibility index (Phi) is 4.41. The summed E-state index contributed by atoms with van der Waals surface area (Å²) in [5.74, 6) is 0.764. The van der Waals surface area contributed by atoms with Gasteiger partial charge in [0, 0.05) is 24.3 Å². The van der Waals surface area contributed by atoms with Crippen molar-refractivity contribution in [3.05, 3.63) is 29.0 Å². The number of aromatic nitrogens is 1. The average molecular weight is 253 g/mol. The quantitative estimate of drug-likeness (QED) is 0.717. The molecule has 1 aromatic rings. The summed E-state index contributed by atoms with van der Waals surface area (Å²) in [6.07, 6.45) is 5.70. The van der Waals surface area contributed by atoms with Crippen molar-refractivity contribution in [2.45, 2.75) is 45.7 Å². The average Bonchev–Trinajstić information content (AvgIpc) is 3.10. The van der Waals surface area contributed by atoms with Crippen LogP contribution in [0.15, 0.2) is 18.3 Å². The molecule has 94 valence electrons. The van der Waals surface area contributed by atoms with Gasteiger partial charge < -0.3 is 0 Å². The third kappa shape index (κ3) is 3.97. The maximum atomic E-state index is 6.12. The molecule has 1 aromatic heterocycles. The Morgan fingerprint density at radius 1 is 1.47 bits per heavy atom. The van der Waals surface area contributed by atoms with Crippen LogP contribution in [0.2, 0.25) is 5.15 Å². The van der Waals surface area contributed by atoms with Crippen molar-refractivity contribution in [3.63, 3.8) is 0 Å². The molecule has 2 rings (SSSR count). The number of pyridine rings is 1. The number of hydrogen-bond acceptors (Lipinski definition) is 2. The van der Waals surface area contributed by atoms with E-state index in [1.54, 1.807) is 6.20 Å². The van der Waals surface area contributed by atoms with Gasteiger partial charge >= 0.3 is 0 Å². The van der Waals surface area contributed by atoms with Crippen LogP contribution >= 0.6 is 11.6 Å². The first-order valence-electron chi connectivity index (χ1n) is 6.50. The highest BCUT2D eigenvalue weighted by molar-refractivity contribution is 6.30. The van der Waals surface area contributed by atoms with Gasteiger partial charge in [-0.05, 0) is 37.8 Å². The van der Waals surface area contributed by atoms with Crippen LogP contribution in [-0.4, -0.2) is 22.5 Å². The Bertz CT molecular complexity index is 361. The van der Waals surface area contributed by atoms with Gasteiger partial charge in [-0.1, -0.05) is 31.5 Å². The third-order valence-electron chi connectivity index (χ3n) is 3.27. The molecule has 2 nitrogen and oxygen atoms in total. The molecule has 0 aromatic carbocycles.